The fraction of sp³-hybridized carbons (Fsp3) is 0.0612. The highest BCUT2D eigenvalue weighted by atomic mass is 14.4. The standard InChI is InChI=1S/C49H34/c1-49(2)45-28-26-37(30-44(45)43-27-25-33-12-5-6-14-38(33)48(43)49)47-41-17-9-7-15-39(41)46(40-16-8-10-18-42(40)47)34-22-19-32(20-23-34)36-24-21-31-11-3-4-13-35(31)29-36/h3-30H,1-2H3. The molecule has 9 aromatic rings. The van der Waals surface area contributed by atoms with Gasteiger partial charge in [-0.2, -0.15) is 0 Å². The van der Waals surface area contributed by atoms with Gasteiger partial charge in [0, 0.05) is 5.41 Å². The van der Waals surface area contributed by atoms with E-state index in [-0.39, 0.29) is 5.41 Å². The molecule has 0 spiro atoms. The van der Waals surface area contributed by atoms with Crippen molar-refractivity contribution in [3.05, 3.63) is 181 Å². The van der Waals surface area contributed by atoms with E-state index in [1.807, 2.05) is 0 Å². The van der Waals surface area contributed by atoms with Gasteiger partial charge in [0.2, 0.25) is 0 Å². The molecule has 0 heterocycles. The number of rotatable bonds is 3. The molecule has 1 aliphatic carbocycles. The first-order valence-electron chi connectivity index (χ1n) is 17.3. The first kappa shape index (κ1) is 28.1. The summed E-state index contributed by atoms with van der Waals surface area (Å²) in [6.45, 7) is 4.77. The van der Waals surface area contributed by atoms with E-state index in [0.29, 0.717) is 0 Å². The Morgan fingerprint density at radius 3 is 1.49 bits per heavy atom. The highest BCUT2D eigenvalue weighted by Gasteiger charge is 2.37. The number of hydrogen-bond donors (Lipinski definition) is 0. The van der Waals surface area contributed by atoms with Crippen molar-refractivity contribution in [3.8, 4) is 44.5 Å². The van der Waals surface area contributed by atoms with Crippen molar-refractivity contribution >= 4 is 43.1 Å². The summed E-state index contributed by atoms with van der Waals surface area (Å²) in [5, 5.41) is 10.3. The predicted octanol–water partition coefficient (Wildman–Crippen LogP) is 13.6. The highest BCUT2D eigenvalue weighted by molar-refractivity contribution is 6.21. The summed E-state index contributed by atoms with van der Waals surface area (Å²) in [5.41, 5.74) is 13.0. The average Bonchev–Trinajstić information content (AvgIpc) is 3.39. The average molecular weight is 623 g/mol. The third-order valence-electron chi connectivity index (χ3n) is 11.0. The summed E-state index contributed by atoms with van der Waals surface area (Å²) < 4.78 is 0. The molecule has 0 aromatic heterocycles. The third-order valence-corrected chi connectivity index (χ3v) is 11.0. The molecule has 0 N–H and O–H groups in total. The molecule has 0 nitrogen and oxygen atoms in total. The van der Waals surface area contributed by atoms with Crippen LogP contribution < -0.4 is 0 Å². The molecule has 0 saturated heterocycles. The van der Waals surface area contributed by atoms with Crippen LogP contribution in [-0.4, -0.2) is 0 Å². The van der Waals surface area contributed by atoms with Gasteiger partial charge in [-0.15, -0.1) is 0 Å². The molecule has 0 fully saturated rings. The number of benzene rings is 9. The third kappa shape index (κ3) is 4.17. The molecule has 0 bridgehead atoms. The maximum absolute atomic E-state index is 2.46. The SMILES string of the molecule is CC1(C)c2ccc(-c3c4ccccc4c(-c4ccc(-c5ccc6ccccc6c5)cc4)c4ccccc34)cc2-c2ccc3ccccc3c21. The van der Waals surface area contributed by atoms with E-state index in [1.54, 1.807) is 0 Å². The van der Waals surface area contributed by atoms with Crippen LogP contribution in [0, 0.1) is 0 Å². The minimum Gasteiger partial charge on any atom is -0.0616 e. The van der Waals surface area contributed by atoms with E-state index in [9.17, 15) is 0 Å². The van der Waals surface area contributed by atoms with E-state index in [1.165, 1.54) is 98.7 Å². The fourth-order valence-corrected chi connectivity index (χ4v) is 8.72. The van der Waals surface area contributed by atoms with E-state index >= 15 is 0 Å². The molecule has 0 unspecified atom stereocenters. The molecule has 1 aliphatic rings. The highest BCUT2D eigenvalue weighted by Crippen LogP contribution is 2.53. The Labute approximate surface area is 286 Å². The van der Waals surface area contributed by atoms with Crippen LogP contribution in [0.2, 0.25) is 0 Å². The van der Waals surface area contributed by atoms with Gasteiger partial charge in [-0.3, -0.25) is 0 Å². The van der Waals surface area contributed by atoms with Gasteiger partial charge in [0.15, 0.2) is 0 Å². The molecular weight excluding hydrogens is 589 g/mol. The first-order chi connectivity index (χ1) is 24.1. The fourth-order valence-electron chi connectivity index (χ4n) is 8.72. The Morgan fingerprint density at radius 2 is 0.816 bits per heavy atom. The molecule has 0 saturated carbocycles. The molecule has 0 amide bonds. The quantitative estimate of drug-likeness (QED) is 0.172. The van der Waals surface area contributed by atoms with Crippen molar-refractivity contribution in [2.24, 2.45) is 0 Å². The Balaban J connectivity index is 1.16. The number of fused-ring (bicyclic) bond motifs is 8. The topological polar surface area (TPSA) is 0 Å². The van der Waals surface area contributed by atoms with Gasteiger partial charge < -0.3 is 0 Å². The van der Waals surface area contributed by atoms with Crippen LogP contribution in [0.25, 0.3) is 87.6 Å². The zero-order chi connectivity index (χ0) is 32.7. The summed E-state index contributed by atoms with van der Waals surface area (Å²) in [6, 6.07) is 63.1. The molecule has 10 rings (SSSR count). The van der Waals surface area contributed by atoms with Crippen molar-refractivity contribution in [2.45, 2.75) is 19.3 Å². The Kier molecular flexibility index (Phi) is 6.02. The minimum absolute atomic E-state index is 0.0724. The van der Waals surface area contributed by atoms with Gasteiger partial charge in [-0.1, -0.05) is 172 Å². The van der Waals surface area contributed by atoms with Crippen LogP contribution in [0.5, 0.6) is 0 Å². The van der Waals surface area contributed by atoms with Crippen LogP contribution in [0.1, 0.15) is 25.0 Å². The van der Waals surface area contributed by atoms with E-state index < -0.39 is 0 Å². The molecule has 0 radical (unpaired) electrons. The second-order valence-electron chi connectivity index (χ2n) is 14.1. The van der Waals surface area contributed by atoms with Gasteiger partial charge in [0.05, 0.1) is 0 Å². The minimum atomic E-state index is -0.0724. The zero-order valence-corrected chi connectivity index (χ0v) is 27.7. The maximum Gasteiger partial charge on any atom is 0.0165 e. The summed E-state index contributed by atoms with van der Waals surface area (Å²) in [6.07, 6.45) is 0. The maximum atomic E-state index is 2.46. The van der Waals surface area contributed by atoms with E-state index in [2.05, 4.69) is 184 Å². The normalized spacial score (nSPS) is 13.3. The van der Waals surface area contributed by atoms with Crippen LogP contribution in [0.15, 0.2) is 170 Å². The van der Waals surface area contributed by atoms with Gasteiger partial charge in [0.1, 0.15) is 0 Å². The van der Waals surface area contributed by atoms with Gasteiger partial charge in [-0.25, -0.2) is 0 Å². The second-order valence-corrected chi connectivity index (χ2v) is 14.1. The molecule has 230 valence electrons. The van der Waals surface area contributed by atoms with Crippen molar-refractivity contribution < 1.29 is 0 Å². The Morgan fingerprint density at radius 1 is 0.327 bits per heavy atom. The molecular formula is C49H34. The van der Waals surface area contributed by atoms with E-state index in [4.69, 9.17) is 0 Å². The molecule has 0 heteroatoms. The lowest BCUT2D eigenvalue weighted by molar-refractivity contribution is 0.666. The van der Waals surface area contributed by atoms with Crippen LogP contribution in [0.3, 0.4) is 0 Å². The molecule has 9 aromatic carbocycles. The van der Waals surface area contributed by atoms with Gasteiger partial charge in [-0.05, 0) is 111 Å². The van der Waals surface area contributed by atoms with Crippen molar-refractivity contribution in [1.29, 1.82) is 0 Å². The van der Waals surface area contributed by atoms with Gasteiger partial charge >= 0.3 is 0 Å². The second kappa shape index (κ2) is 10.5. The molecule has 49 heavy (non-hydrogen) atoms. The smallest absolute Gasteiger partial charge is 0.0165 e. The van der Waals surface area contributed by atoms with Crippen molar-refractivity contribution in [2.75, 3.05) is 0 Å². The lowest BCUT2D eigenvalue weighted by Crippen LogP contribution is -2.15. The van der Waals surface area contributed by atoms with Crippen molar-refractivity contribution in [3.63, 3.8) is 0 Å². The van der Waals surface area contributed by atoms with Crippen LogP contribution in [0.4, 0.5) is 0 Å². The van der Waals surface area contributed by atoms with Crippen LogP contribution in [-0.2, 0) is 5.41 Å². The predicted molar refractivity (Wildman–Crippen MR) is 210 cm³/mol. The first-order valence-corrected chi connectivity index (χ1v) is 17.3. The lowest BCUT2D eigenvalue weighted by Gasteiger charge is -2.23. The molecule has 0 atom stereocenters. The monoisotopic (exact) mass is 622 g/mol. The summed E-state index contributed by atoms with van der Waals surface area (Å²) in [7, 11) is 0. The Hall–Kier alpha value is -5.98. The van der Waals surface area contributed by atoms with Gasteiger partial charge in [0.25, 0.3) is 0 Å². The summed E-state index contributed by atoms with van der Waals surface area (Å²) in [5.74, 6) is 0. The molecule has 0 aliphatic heterocycles. The zero-order valence-electron chi connectivity index (χ0n) is 27.7. The summed E-state index contributed by atoms with van der Waals surface area (Å²) in [4.78, 5) is 0. The van der Waals surface area contributed by atoms with Crippen LogP contribution >= 0.6 is 0 Å². The Bertz CT molecular complexity index is 2720. The number of hydrogen-bond acceptors (Lipinski definition) is 0. The van der Waals surface area contributed by atoms with Crippen molar-refractivity contribution in [1.82, 2.24) is 0 Å². The largest absolute Gasteiger partial charge is 0.0616 e. The summed E-state index contributed by atoms with van der Waals surface area (Å²) >= 11 is 0. The van der Waals surface area contributed by atoms with E-state index in [0.717, 1.165) is 0 Å². The lowest BCUT2D eigenvalue weighted by atomic mass is 9.80.